The van der Waals surface area contributed by atoms with Crippen LogP contribution in [0.1, 0.15) is 0 Å². The molecule has 1 unspecified atom stereocenters. The minimum atomic E-state index is -0.372. The van der Waals surface area contributed by atoms with E-state index in [1.165, 1.54) is 12.1 Å². The van der Waals surface area contributed by atoms with Gasteiger partial charge in [0.25, 0.3) is 0 Å². The van der Waals surface area contributed by atoms with Gasteiger partial charge in [-0.25, -0.2) is 9.18 Å². The summed E-state index contributed by atoms with van der Waals surface area (Å²) in [6, 6.07) is 5.58. The number of piperazine rings is 1. The number of rotatable bonds is 2. The van der Waals surface area contributed by atoms with Crippen LogP contribution < -0.4 is 16.4 Å². The van der Waals surface area contributed by atoms with Gasteiger partial charge < -0.3 is 21.3 Å². The molecular weight excluding hydrogens is 235 g/mol. The van der Waals surface area contributed by atoms with Crippen molar-refractivity contribution in [3.05, 3.63) is 30.1 Å². The van der Waals surface area contributed by atoms with Gasteiger partial charge >= 0.3 is 6.03 Å². The van der Waals surface area contributed by atoms with Crippen molar-refractivity contribution in [3.63, 3.8) is 0 Å². The van der Waals surface area contributed by atoms with Crippen LogP contribution in [0.5, 0.6) is 0 Å². The van der Waals surface area contributed by atoms with Crippen molar-refractivity contribution in [1.82, 2.24) is 10.2 Å². The average molecular weight is 252 g/mol. The van der Waals surface area contributed by atoms with Crippen LogP contribution in [-0.2, 0) is 0 Å². The fourth-order valence-electron chi connectivity index (χ4n) is 2.00. The number of hydrogen-bond donors (Lipinski definition) is 3. The quantitative estimate of drug-likeness (QED) is 0.721. The van der Waals surface area contributed by atoms with E-state index in [9.17, 15) is 9.18 Å². The predicted molar refractivity (Wildman–Crippen MR) is 67.8 cm³/mol. The van der Waals surface area contributed by atoms with Gasteiger partial charge in [0.05, 0.1) is 6.04 Å². The molecule has 1 heterocycles. The summed E-state index contributed by atoms with van der Waals surface area (Å²) in [7, 11) is 0. The zero-order chi connectivity index (χ0) is 13.0. The van der Waals surface area contributed by atoms with E-state index in [-0.39, 0.29) is 17.9 Å². The van der Waals surface area contributed by atoms with Crippen molar-refractivity contribution in [2.24, 2.45) is 5.73 Å². The lowest BCUT2D eigenvalue weighted by molar-refractivity contribution is 0.173. The number of nitrogens with one attached hydrogen (secondary N) is 2. The van der Waals surface area contributed by atoms with Gasteiger partial charge in [-0.1, -0.05) is 6.07 Å². The van der Waals surface area contributed by atoms with Crippen molar-refractivity contribution >= 4 is 11.7 Å². The van der Waals surface area contributed by atoms with Crippen LogP contribution in [0.15, 0.2) is 24.3 Å². The molecule has 18 heavy (non-hydrogen) atoms. The fourth-order valence-corrected chi connectivity index (χ4v) is 2.00. The van der Waals surface area contributed by atoms with Crippen molar-refractivity contribution in [3.8, 4) is 0 Å². The zero-order valence-electron chi connectivity index (χ0n) is 10.0. The molecule has 0 bridgehead atoms. The molecule has 1 aliphatic heterocycles. The van der Waals surface area contributed by atoms with Crippen molar-refractivity contribution < 1.29 is 9.18 Å². The molecule has 2 rings (SSSR count). The molecule has 0 aromatic heterocycles. The second-order valence-electron chi connectivity index (χ2n) is 4.23. The first-order valence-electron chi connectivity index (χ1n) is 5.94. The molecule has 0 spiro atoms. The molecule has 1 aromatic carbocycles. The van der Waals surface area contributed by atoms with Crippen molar-refractivity contribution in [2.75, 3.05) is 31.5 Å². The van der Waals surface area contributed by atoms with Gasteiger partial charge in [0.1, 0.15) is 5.82 Å². The van der Waals surface area contributed by atoms with Gasteiger partial charge in [-0.15, -0.1) is 0 Å². The number of carbonyl (C=O) groups is 1. The van der Waals surface area contributed by atoms with E-state index in [2.05, 4.69) is 10.6 Å². The highest BCUT2D eigenvalue weighted by Crippen LogP contribution is 2.11. The first-order valence-corrected chi connectivity index (χ1v) is 5.94. The van der Waals surface area contributed by atoms with Crippen LogP contribution >= 0.6 is 0 Å². The second-order valence-corrected chi connectivity index (χ2v) is 4.23. The zero-order valence-corrected chi connectivity index (χ0v) is 10.0. The Labute approximate surface area is 105 Å². The number of halogens is 1. The van der Waals surface area contributed by atoms with Crippen LogP contribution in [-0.4, -0.2) is 43.2 Å². The van der Waals surface area contributed by atoms with E-state index < -0.39 is 0 Å². The third-order valence-corrected chi connectivity index (χ3v) is 2.96. The fraction of sp³-hybridized carbons (Fsp3) is 0.417. The summed E-state index contributed by atoms with van der Waals surface area (Å²) in [6.07, 6.45) is 0. The number of nitrogens with two attached hydrogens (primary N) is 1. The SMILES string of the molecule is NCC1CNCCN1C(=O)Nc1cccc(F)c1. The number of benzene rings is 1. The Kier molecular flexibility index (Phi) is 4.11. The second kappa shape index (κ2) is 5.79. The average Bonchev–Trinajstić information content (AvgIpc) is 2.38. The lowest BCUT2D eigenvalue weighted by Crippen LogP contribution is -2.57. The molecule has 0 aliphatic carbocycles. The number of urea groups is 1. The Morgan fingerprint density at radius 2 is 2.44 bits per heavy atom. The lowest BCUT2D eigenvalue weighted by Gasteiger charge is -2.35. The van der Waals surface area contributed by atoms with E-state index in [0.29, 0.717) is 25.3 Å². The summed E-state index contributed by atoms with van der Waals surface area (Å²) in [4.78, 5) is 13.7. The molecule has 1 saturated heterocycles. The molecule has 6 heteroatoms. The molecule has 1 fully saturated rings. The van der Waals surface area contributed by atoms with Gasteiger partial charge in [0, 0.05) is 31.9 Å². The van der Waals surface area contributed by atoms with Crippen LogP contribution in [0.4, 0.5) is 14.9 Å². The Morgan fingerprint density at radius 3 is 3.17 bits per heavy atom. The van der Waals surface area contributed by atoms with Gasteiger partial charge in [-0.05, 0) is 18.2 Å². The predicted octanol–water partition coefficient (Wildman–Crippen LogP) is 0.590. The molecule has 2 amide bonds. The highest BCUT2D eigenvalue weighted by molar-refractivity contribution is 5.89. The van der Waals surface area contributed by atoms with Gasteiger partial charge in [0.2, 0.25) is 0 Å². The van der Waals surface area contributed by atoms with E-state index >= 15 is 0 Å². The summed E-state index contributed by atoms with van der Waals surface area (Å²) < 4.78 is 13.0. The smallest absolute Gasteiger partial charge is 0.322 e. The minimum Gasteiger partial charge on any atom is -0.328 e. The van der Waals surface area contributed by atoms with Crippen LogP contribution in [0.25, 0.3) is 0 Å². The third-order valence-electron chi connectivity index (χ3n) is 2.96. The maximum absolute atomic E-state index is 13.0. The highest BCUT2D eigenvalue weighted by Gasteiger charge is 2.25. The molecule has 98 valence electrons. The third kappa shape index (κ3) is 2.96. The summed E-state index contributed by atoms with van der Waals surface area (Å²) in [5, 5.41) is 5.86. The first kappa shape index (κ1) is 12.8. The van der Waals surface area contributed by atoms with Crippen molar-refractivity contribution in [1.29, 1.82) is 0 Å². The van der Waals surface area contributed by atoms with Crippen LogP contribution in [0, 0.1) is 5.82 Å². The largest absolute Gasteiger partial charge is 0.328 e. The number of nitrogens with zero attached hydrogens (tertiary/aromatic N) is 1. The molecule has 1 aromatic rings. The standard InChI is InChI=1S/C12H17FN4O/c13-9-2-1-3-10(6-9)16-12(18)17-5-4-15-8-11(17)7-14/h1-3,6,11,15H,4-5,7-8,14H2,(H,16,18). The van der Waals surface area contributed by atoms with Gasteiger partial charge in [-0.2, -0.15) is 0 Å². The first-order chi connectivity index (χ1) is 8.70. The maximum Gasteiger partial charge on any atom is 0.322 e. The normalized spacial score (nSPS) is 19.7. The lowest BCUT2D eigenvalue weighted by atomic mass is 10.2. The number of amides is 2. The van der Waals surface area contributed by atoms with E-state index in [1.54, 1.807) is 17.0 Å². The Hall–Kier alpha value is -1.66. The number of carbonyl (C=O) groups excluding carboxylic acids is 1. The molecule has 1 aliphatic rings. The minimum absolute atomic E-state index is 0.0210. The Bertz CT molecular complexity index is 426. The maximum atomic E-state index is 13.0. The Balaban J connectivity index is 2.02. The summed E-state index contributed by atoms with van der Waals surface area (Å²) in [5.74, 6) is -0.372. The van der Waals surface area contributed by atoms with E-state index in [0.717, 1.165) is 6.54 Å². The van der Waals surface area contributed by atoms with Gasteiger partial charge in [0.15, 0.2) is 0 Å². The summed E-state index contributed by atoms with van der Waals surface area (Å²) in [5.41, 5.74) is 6.08. The van der Waals surface area contributed by atoms with Crippen molar-refractivity contribution in [2.45, 2.75) is 6.04 Å². The number of anilines is 1. The molecule has 5 nitrogen and oxygen atoms in total. The highest BCUT2D eigenvalue weighted by atomic mass is 19.1. The Morgan fingerprint density at radius 1 is 1.61 bits per heavy atom. The molecular formula is C12H17FN4O. The summed E-state index contributed by atoms with van der Waals surface area (Å²) >= 11 is 0. The van der Waals surface area contributed by atoms with E-state index in [4.69, 9.17) is 5.73 Å². The molecule has 0 radical (unpaired) electrons. The van der Waals surface area contributed by atoms with E-state index in [1.807, 2.05) is 0 Å². The van der Waals surface area contributed by atoms with Crippen LogP contribution in [0.3, 0.4) is 0 Å². The monoisotopic (exact) mass is 252 g/mol. The molecule has 4 N–H and O–H groups in total. The van der Waals surface area contributed by atoms with Crippen LogP contribution in [0.2, 0.25) is 0 Å². The summed E-state index contributed by atoms with van der Waals surface area (Å²) in [6.45, 7) is 2.44. The van der Waals surface area contributed by atoms with Gasteiger partial charge in [-0.3, -0.25) is 0 Å². The topological polar surface area (TPSA) is 70.4 Å². The number of hydrogen-bond acceptors (Lipinski definition) is 3. The molecule has 0 saturated carbocycles. The molecule has 1 atom stereocenters.